The van der Waals surface area contributed by atoms with E-state index in [1.54, 1.807) is 12.3 Å². The summed E-state index contributed by atoms with van der Waals surface area (Å²) in [5.74, 6) is 0. The van der Waals surface area contributed by atoms with Crippen molar-refractivity contribution in [2.24, 2.45) is 5.16 Å². The van der Waals surface area contributed by atoms with Crippen molar-refractivity contribution < 1.29 is 27.2 Å². The first-order chi connectivity index (χ1) is 4.43. The standard InChI is InChI=1S/C6H6N2O.BrH/c9-8-5-6-3-1-2-4-7-6;/h1-5,9H;1H. The van der Waals surface area contributed by atoms with E-state index < -0.39 is 0 Å². The lowest BCUT2D eigenvalue weighted by molar-refractivity contribution is -0.379. The first-order valence-corrected chi connectivity index (χ1v) is 2.57. The lowest BCUT2D eigenvalue weighted by Crippen LogP contribution is -3.00. The monoisotopic (exact) mass is 202 g/mol. The zero-order valence-electron chi connectivity index (χ0n) is 5.16. The molecule has 0 fully saturated rings. The molecule has 1 rings (SSSR count). The number of hydrogen-bond donors (Lipinski definition) is 1. The molecule has 1 heterocycles. The highest BCUT2D eigenvalue weighted by molar-refractivity contribution is 5.73. The maximum atomic E-state index is 8.07. The summed E-state index contributed by atoms with van der Waals surface area (Å²) >= 11 is 0. The first-order valence-electron chi connectivity index (χ1n) is 2.57. The number of halogens is 1. The van der Waals surface area contributed by atoms with Gasteiger partial charge in [-0.15, -0.1) is 0 Å². The minimum absolute atomic E-state index is 0. The smallest absolute Gasteiger partial charge is 0.225 e. The maximum Gasteiger partial charge on any atom is 0.225 e. The van der Waals surface area contributed by atoms with E-state index in [9.17, 15) is 0 Å². The molecule has 0 bridgehead atoms. The number of oxime groups is 1. The number of rotatable bonds is 1. The van der Waals surface area contributed by atoms with Crippen LogP contribution in [0.2, 0.25) is 0 Å². The van der Waals surface area contributed by atoms with Crippen LogP contribution >= 0.6 is 0 Å². The zero-order valence-corrected chi connectivity index (χ0v) is 6.75. The van der Waals surface area contributed by atoms with Gasteiger partial charge < -0.3 is 22.2 Å². The fraction of sp³-hybridized carbons (Fsp3) is 0. The maximum absolute atomic E-state index is 8.07. The highest BCUT2D eigenvalue weighted by Gasteiger charge is 1.89. The molecule has 54 valence electrons. The summed E-state index contributed by atoms with van der Waals surface area (Å²) in [6.07, 6.45) is 3.09. The molecule has 0 radical (unpaired) electrons. The van der Waals surface area contributed by atoms with E-state index in [1.165, 1.54) is 6.21 Å². The van der Waals surface area contributed by atoms with Gasteiger partial charge in [-0.3, -0.25) is 0 Å². The van der Waals surface area contributed by atoms with Gasteiger partial charge in [-0.05, 0) is 6.07 Å². The van der Waals surface area contributed by atoms with Gasteiger partial charge in [0.1, 0.15) is 6.21 Å². The van der Waals surface area contributed by atoms with Crippen LogP contribution in [0.25, 0.3) is 0 Å². The first kappa shape index (κ1) is 9.10. The van der Waals surface area contributed by atoms with Crippen LogP contribution < -0.4 is 22.0 Å². The van der Waals surface area contributed by atoms with Gasteiger partial charge in [0.2, 0.25) is 5.69 Å². The summed E-state index contributed by atoms with van der Waals surface area (Å²) in [7, 11) is 0. The fourth-order valence-electron chi connectivity index (χ4n) is 0.550. The molecule has 3 nitrogen and oxygen atoms in total. The minimum atomic E-state index is 0. The SMILES string of the molecule is ON=Cc1cccc[nH+]1.[Br-]. The average Bonchev–Trinajstić information content (AvgIpc) is 1.91. The van der Waals surface area contributed by atoms with E-state index in [1.807, 2.05) is 12.1 Å². The van der Waals surface area contributed by atoms with Crippen molar-refractivity contribution in [3.05, 3.63) is 30.1 Å². The molecule has 0 spiro atoms. The third-order valence-electron chi connectivity index (χ3n) is 0.930. The third kappa shape index (κ3) is 2.59. The van der Waals surface area contributed by atoms with E-state index >= 15 is 0 Å². The summed E-state index contributed by atoms with van der Waals surface area (Å²) in [6, 6.07) is 5.52. The normalized spacial score (nSPS) is 9.20. The van der Waals surface area contributed by atoms with Crippen LogP contribution in [-0.4, -0.2) is 11.4 Å². The van der Waals surface area contributed by atoms with Gasteiger partial charge in [-0.1, -0.05) is 5.16 Å². The molecule has 0 aliphatic heterocycles. The number of aromatic nitrogens is 1. The molecule has 1 aromatic heterocycles. The molecule has 0 atom stereocenters. The predicted octanol–water partition coefficient (Wildman–Crippen LogP) is -2.69. The van der Waals surface area contributed by atoms with Crippen LogP contribution in [0.3, 0.4) is 0 Å². The Hall–Kier alpha value is -0.900. The molecule has 4 heteroatoms. The molecule has 10 heavy (non-hydrogen) atoms. The minimum Gasteiger partial charge on any atom is -1.00 e. The number of aromatic amines is 1. The predicted molar refractivity (Wildman–Crippen MR) is 32.4 cm³/mol. The van der Waals surface area contributed by atoms with E-state index in [4.69, 9.17) is 5.21 Å². The van der Waals surface area contributed by atoms with Gasteiger partial charge in [0, 0.05) is 12.1 Å². The molecule has 0 unspecified atom stereocenters. The quantitative estimate of drug-likeness (QED) is 0.301. The van der Waals surface area contributed by atoms with Gasteiger partial charge in [0.25, 0.3) is 0 Å². The Morgan fingerprint density at radius 3 is 2.80 bits per heavy atom. The molecule has 0 aromatic carbocycles. The van der Waals surface area contributed by atoms with Crippen molar-refractivity contribution in [3.8, 4) is 0 Å². The van der Waals surface area contributed by atoms with Crippen LogP contribution in [0.4, 0.5) is 0 Å². The van der Waals surface area contributed by atoms with Crippen LogP contribution in [0.5, 0.6) is 0 Å². The lowest BCUT2D eigenvalue weighted by atomic mass is 10.4. The zero-order chi connectivity index (χ0) is 6.53. The van der Waals surface area contributed by atoms with Gasteiger partial charge in [-0.2, -0.15) is 0 Å². The number of hydrogen-bond acceptors (Lipinski definition) is 2. The van der Waals surface area contributed by atoms with Crippen LogP contribution in [0, 0.1) is 0 Å². The molecule has 0 saturated heterocycles. The van der Waals surface area contributed by atoms with E-state index in [0.29, 0.717) is 0 Å². The lowest BCUT2D eigenvalue weighted by Gasteiger charge is -1.77. The van der Waals surface area contributed by atoms with Crippen LogP contribution in [0.15, 0.2) is 29.6 Å². The van der Waals surface area contributed by atoms with Crippen molar-refractivity contribution in [2.45, 2.75) is 0 Å². The van der Waals surface area contributed by atoms with Crippen molar-refractivity contribution in [1.29, 1.82) is 0 Å². The van der Waals surface area contributed by atoms with Gasteiger partial charge in [0.15, 0.2) is 6.20 Å². The van der Waals surface area contributed by atoms with E-state index in [2.05, 4.69) is 10.1 Å². The third-order valence-corrected chi connectivity index (χ3v) is 0.930. The second kappa shape index (κ2) is 4.93. The van der Waals surface area contributed by atoms with Crippen molar-refractivity contribution in [2.75, 3.05) is 0 Å². The molecule has 0 amide bonds. The molecular formula is C6H7BrN2O. The Morgan fingerprint density at radius 1 is 1.50 bits per heavy atom. The molecule has 0 aliphatic rings. The van der Waals surface area contributed by atoms with Gasteiger partial charge >= 0.3 is 0 Å². The summed E-state index contributed by atoms with van der Waals surface area (Å²) in [4.78, 5) is 2.86. The second-order valence-electron chi connectivity index (χ2n) is 1.56. The number of nitrogens with zero attached hydrogens (tertiary/aromatic N) is 1. The summed E-state index contributed by atoms with van der Waals surface area (Å²) in [5.41, 5.74) is 0.778. The topological polar surface area (TPSA) is 46.7 Å². The molecule has 2 N–H and O–H groups in total. The molecular weight excluding hydrogens is 196 g/mol. The highest BCUT2D eigenvalue weighted by Crippen LogP contribution is 1.81. The number of pyridine rings is 1. The van der Waals surface area contributed by atoms with Gasteiger partial charge in [-0.25, -0.2) is 4.98 Å². The van der Waals surface area contributed by atoms with Crippen molar-refractivity contribution in [3.63, 3.8) is 0 Å². The summed E-state index contributed by atoms with van der Waals surface area (Å²) < 4.78 is 0. The summed E-state index contributed by atoms with van der Waals surface area (Å²) in [6.45, 7) is 0. The Morgan fingerprint density at radius 2 is 2.30 bits per heavy atom. The Bertz CT molecular complexity index is 200. The Balaban J connectivity index is 0.000000810. The Labute approximate surface area is 69.2 Å². The van der Waals surface area contributed by atoms with Crippen molar-refractivity contribution in [1.82, 2.24) is 0 Å². The summed E-state index contributed by atoms with van der Waals surface area (Å²) in [5, 5.41) is 10.9. The fourth-order valence-corrected chi connectivity index (χ4v) is 0.550. The largest absolute Gasteiger partial charge is 1.00 e. The second-order valence-corrected chi connectivity index (χ2v) is 1.56. The molecule has 0 saturated carbocycles. The number of H-pyrrole nitrogens is 1. The van der Waals surface area contributed by atoms with E-state index in [0.717, 1.165) is 5.69 Å². The van der Waals surface area contributed by atoms with E-state index in [-0.39, 0.29) is 17.0 Å². The molecule has 1 aromatic rings. The van der Waals surface area contributed by atoms with Gasteiger partial charge in [0.05, 0.1) is 0 Å². The van der Waals surface area contributed by atoms with Crippen LogP contribution in [0.1, 0.15) is 5.69 Å². The molecule has 0 aliphatic carbocycles. The average molecular weight is 203 g/mol. The highest BCUT2D eigenvalue weighted by atomic mass is 79.9. The van der Waals surface area contributed by atoms with Crippen LogP contribution in [-0.2, 0) is 0 Å². The Kier molecular flexibility index (Phi) is 4.49. The number of nitrogens with one attached hydrogen (secondary N) is 1. The van der Waals surface area contributed by atoms with Crippen molar-refractivity contribution >= 4 is 6.21 Å².